The number of benzene rings is 2. The minimum absolute atomic E-state index is 0.145. The summed E-state index contributed by atoms with van der Waals surface area (Å²) in [6, 6.07) is 9.61. The molecule has 0 atom stereocenters. The van der Waals surface area contributed by atoms with Crippen LogP contribution in [0.4, 0.5) is 0 Å². The predicted octanol–water partition coefficient (Wildman–Crippen LogP) is 3.32. The van der Waals surface area contributed by atoms with Gasteiger partial charge in [0.25, 0.3) is 0 Å². The van der Waals surface area contributed by atoms with Gasteiger partial charge in [-0.2, -0.15) is 0 Å². The topological polar surface area (TPSA) is 29.5 Å². The van der Waals surface area contributed by atoms with Gasteiger partial charge >= 0.3 is 0 Å². The summed E-state index contributed by atoms with van der Waals surface area (Å²) in [4.78, 5) is 0. The SMILES string of the molecule is COc1cc2ccccc2c(Br)c1O. The van der Waals surface area contributed by atoms with Crippen molar-refractivity contribution >= 4 is 26.7 Å². The Morgan fingerprint density at radius 3 is 2.71 bits per heavy atom. The molecule has 0 saturated carbocycles. The summed E-state index contributed by atoms with van der Waals surface area (Å²) < 4.78 is 5.73. The van der Waals surface area contributed by atoms with E-state index in [4.69, 9.17) is 4.74 Å². The summed E-state index contributed by atoms with van der Waals surface area (Å²) in [5.41, 5.74) is 0. The normalized spacial score (nSPS) is 10.4. The number of aromatic hydroxyl groups is 1. The molecular weight excluding hydrogens is 244 g/mol. The van der Waals surface area contributed by atoms with E-state index >= 15 is 0 Å². The maximum atomic E-state index is 9.72. The van der Waals surface area contributed by atoms with Crippen LogP contribution in [0.25, 0.3) is 10.8 Å². The zero-order chi connectivity index (χ0) is 10.1. The first-order valence-corrected chi connectivity index (χ1v) is 4.97. The molecule has 0 aliphatic heterocycles. The molecule has 14 heavy (non-hydrogen) atoms. The van der Waals surface area contributed by atoms with Gasteiger partial charge in [0.15, 0.2) is 11.5 Å². The first kappa shape index (κ1) is 9.34. The lowest BCUT2D eigenvalue weighted by molar-refractivity contribution is 0.373. The van der Waals surface area contributed by atoms with Crippen LogP contribution >= 0.6 is 15.9 Å². The number of rotatable bonds is 1. The van der Waals surface area contributed by atoms with Gasteiger partial charge in [-0.05, 0) is 32.8 Å². The molecule has 3 heteroatoms. The Morgan fingerprint density at radius 1 is 1.29 bits per heavy atom. The molecule has 0 radical (unpaired) electrons. The third-order valence-electron chi connectivity index (χ3n) is 2.15. The molecule has 0 heterocycles. The number of hydrogen-bond acceptors (Lipinski definition) is 2. The van der Waals surface area contributed by atoms with Crippen LogP contribution in [0.5, 0.6) is 11.5 Å². The Hall–Kier alpha value is -1.22. The highest BCUT2D eigenvalue weighted by Gasteiger charge is 2.09. The van der Waals surface area contributed by atoms with E-state index in [1.54, 1.807) is 0 Å². The molecule has 2 rings (SSSR count). The van der Waals surface area contributed by atoms with Gasteiger partial charge in [-0.3, -0.25) is 0 Å². The van der Waals surface area contributed by atoms with Crippen molar-refractivity contribution in [3.63, 3.8) is 0 Å². The smallest absolute Gasteiger partial charge is 0.172 e. The van der Waals surface area contributed by atoms with Gasteiger partial charge < -0.3 is 9.84 Å². The average molecular weight is 253 g/mol. The first-order valence-electron chi connectivity index (χ1n) is 4.18. The van der Waals surface area contributed by atoms with Crippen molar-refractivity contribution in [2.24, 2.45) is 0 Å². The van der Waals surface area contributed by atoms with Gasteiger partial charge in [0.2, 0.25) is 0 Å². The van der Waals surface area contributed by atoms with Crippen LogP contribution in [0.2, 0.25) is 0 Å². The molecule has 0 unspecified atom stereocenters. The van der Waals surface area contributed by atoms with Crippen LogP contribution in [0.1, 0.15) is 0 Å². The average Bonchev–Trinajstić information content (AvgIpc) is 2.23. The van der Waals surface area contributed by atoms with E-state index in [0.717, 1.165) is 10.8 Å². The summed E-state index contributed by atoms with van der Waals surface area (Å²) in [6.07, 6.45) is 0. The minimum Gasteiger partial charge on any atom is -0.503 e. The van der Waals surface area contributed by atoms with Crippen LogP contribution < -0.4 is 4.74 Å². The fourth-order valence-electron chi connectivity index (χ4n) is 1.42. The number of halogens is 1. The molecule has 2 aromatic rings. The second-order valence-corrected chi connectivity index (χ2v) is 3.76. The molecule has 0 aliphatic rings. The summed E-state index contributed by atoms with van der Waals surface area (Å²) >= 11 is 3.34. The van der Waals surface area contributed by atoms with Crippen LogP contribution in [0.15, 0.2) is 34.8 Å². The van der Waals surface area contributed by atoms with Gasteiger partial charge in [-0.25, -0.2) is 0 Å². The van der Waals surface area contributed by atoms with E-state index in [2.05, 4.69) is 15.9 Å². The molecule has 72 valence electrons. The van der Waals surface area contributed by atoms with Gasteiger partial charge in [-0.1, -0.05) is 24.3 Å². The lowest BCUT2D eigenvalue weighted by Crippen LogP contribution is -1.85. The minimum atomic E-state index is 0.145. The van der Waals surface area contributed by atoms with Crippen molar-refractivity contribution in [2.45, 2.75) is 0 Å². The summed E-state index contributed by atoms with van der Waals surface area (Å²) in [5, 5.41) is 11.7. The van der Waals surface area contributed by atoms with E-state index in [-0.39, 0.29) is 5.75 Å². The van der Waals surface area contributed by atoms with Crippen molar-refractivity contribution in [1.82, 2.24) is 0 Å². The zero-order valence-corrected chi connectivity index (χ0v) is 9.21. The fraction of sp³-hybridized carbons (Fsp3) is 0.0909. The molecule has 0 aromatic heterocycles. The summed E-state index contributed by atoms with van der Waals surface area (Å²) in [7, 11) is 1.54. The molecule has 0 saturated heterocycles. The van der Waals surface area contributed by atoms with Crippen LogP contribution in [0, 0.1) is 0 Å². The Balaban J connectivity index is 2.85. The number of hydrogen-bond donors (Lipinski definition) is 1. The third-order valence-corrected chi connectivity index (χ3v) is 2.95. The van der Waals surface area contributed by atoms with E-state index < -0.39 is 0 Å². The molecule has 0 fully saturated rings. The number of ether oxygens (including phenoxy) is 1. The lowest BCUT2D eigenvalue weighted by atomic mass is 10.1. The van der Waals surface area contributed by atoms with Crippen molar-refractivity contribution in [2.75, 3.05) is 7.11 Å². The highest BCUT2D eigenvalue weighted by molar-refractivity contribution is 9.10. The third kappa shape index (κ3) is 1.34. The van der Waals surface area contributed by atoms with E-state index in [1.807, 2.05) is 30.3 Å². The molecule has 0 spiro atoms. The molecular formula is C11H9BrO2. The van der Waals surface area contributed by atoms with Gasteiger partial charge in [0.1, 0.15) is 0 Å². The van der Waals surface area contributed by atoms with E-state index in [0.29, 0.717) is 10.2 Å². The van der Waals surface area contributed by atoms with Crippen LogP contribution in [0.3, 0.4) is 0 Å². The maximum absolute atomic E-state index is 9.72. The quantitative estimate of drug-likeness (QED) is 0.844. The van der Waals surface area contributed by atoms with Crippen molar-refractivity contribution in [3.8, 4) is 11.5 Å². The lowest BCUT2D eigenvalue weighted by Gasteiger charge is -2.08. The van der Waals surface area contributed by atoms with Gasteiger partial charge in [0.05, 0.1) is 11.6 Å². The number of methoxy groups -OCH3 is 1. The standard InChI is InChI=1S/C11H9BrO2/c1-14-9-6-7-4-2-3-5-8(7)10(12)11(9)13/h2-6,13H,1H3. The number of phenolic OH excluding ortho intramolecular Hbond substituents is 1. The maximum Gasteiger partial charge on any atom is 0.172 e. The Bertz CT molecular complexity index is 480. The summed E-state index contributed by atoms with van der Waals surface area (Å²) in [6.45, 7) is 0. The summed E-state index contributed by atoms with van der Waals surface area (Å²) in [5.74, 6) is 0.627. The Morgan fingerprint density at radius 2 is 2.00 bits per heavy atom. The Kier molecular flexibility index (Phi) is 2.33. The van der Waals surface area contributed by atoms with E-state index in [1.165, 1.54) is 7.11 Å². The van der Waals surface area contributed by atoms with Crippen LogP contribution in [-0.2, 0) is 0 Å². The molecule has 2 nitrogen and oxygen atoms in total. The van der Waals surface area contributed by atoms with Gasteiger partial charge in [0, 0.05) is 0 Å². The highest BCUT2D eigenvalue weighted by atomic mass is 79.9. The molecule has 0 amide bonds. The van der Waals surface area contributed by atoms with Crippen molar-refractivity contribution in [1.29, 1.82) is 0 Å². The number of fused-ring (bicyclic) bond motifs is 1. The zero-order valence-electron chi connectivity index (χ0n) is 7.62. The Labute approximate surface area is 90.3 Å². The molecule has 2 aromatic carbocycles. The molecule has 1 N–H and O–H groups in total. The highest BCUT2D eigenvalue weighted by Crippen LogP contribution is 2.39. The number of phenols is 1. The fourth-order valence-corrected chi connectivity index (χ4v) is 1.98. The molecule has 0 bridgehead atoms. The predicted molar refractivity (Wildman–Crippen MR) is 59.9 cm³/mol. The largest absolute Gasteiger partial charge is 0.503 e. The van der Waals surface area contributed by atoms with Crippen LogP contribution in [-0.4, -0.2) is 12.2 Å². The van der Waals surface area contributed by atoms with Crippen molar-refractivity contribution in [3.05, 3.63) is 34.8 Å². The second kappa shape index (κ2) is 3.50. The van der Waals surface area contributed by atoms with Gasteiger partial charge in [-0.15, -0.1) is 0 Å². The second-order valence-electron chi connectivity index (χ2n) is 2.96. The molecule has 0 aliphatic carbocycles. The van der Waals surface area contributed by atoms with E-state index in [9.17, 15) is 5.11 Å². The first-order chi connectivity index (χ1) is 6.74. The van der Waals surface area contributed by atoms with Crippen molar-refractivity contribution < 1.29 is 9.84 Å². The monoisotopic (exact) mass is 252 g/mol.